The number of anilines is 2. The molecule has 0 atom stereocenters. The first-order valence-corrected chi connectivity index (χ1v) is 7.45. The van der Waals surface area contributed by atoms with E-state index in [1.807, 2.05) is 43.3 Å². The molecule has 24 heavy (non-hydrogen) atoms. The third-order valence-corrected chi connectivity index (χ3v) is 3.30. The summed E-state index contributed by atoms with van der Waals surface area (Å²) in [6.45, 7) is 3.88. The van der Waals surface area contributed by atoms with E-state index in [1.54, 1.807) is 12.1 Å². The molecule has 0 unspecified atom stereocenters. The van der Waals surface area contributed by atoms with Crippen molar-refractivity contribution < 1.29 is 9.59 Å². The van der Waals surface area contributed by atoms with E-state index in [9.17, 15) is 9.59 Å². The summed E-state index contributed by atoms with van der Waals surface area (Å²) >= 11 is 0. The van der Waals surface area contributed by atoms with Gasteiger partial charge < -0.3 is 15.5 Å². The zero-order valence-corrected chi connectivity index (χ0v) is 13.7. The summed E-state index contributed by atoms with van der Waals surface area (Å²) in [4.78, 5) is 30.2. The van der Waals surface area contributed by atoms with Crippen molar-refractivity contribution >= 4 is 23.2 Å². The fourth-order valence-electron chi connectivity index (χ4n) is 2.00. The van der Waals surface area contributed by atoms with E-state index < -0.39 is 0 Å². The first-order chi connectivity index (χ1) is 11.5. The largest absolute Gasteiger partial charge is 0.378 e. The maximum Gasteiger partial charge on any atom is 0.270 e. The quantitative estimate of drug-likeness (QED) is 0.800. The van der Waals surface area contributed by atoms with Crippen molar-refractivity contribution in [3.8, 4) is 0 Å². The van der Waals surface area contributed by atoms with Crippen molar-refractivity contribution in [1.29, 1.82) is 0 Å². The van der Waals surface area contributed by atoms with E-state index in [2.05, 4.69) is 22.2 Å². The van der Waals surface area contributed by atoms with Gasteiger partial charge in [0.1, 0.15) is 5.69 Å². The van der Waals surface area contributed by atoms with Crippen LogP contribution in [-0.4, -0.2) is 37.4 Å². The highest BCUT2D eigenvalue weighted by atomic mass is 16.2. The average Bonchev–Trinajstić information content (AvgIpc) is 2.60. The van der Waals surface area contributed by atoms with E-state index >= 15 is 0 Å². The summed E-state index contributed by atoms with van der Waals surface area (Å²) in [5, 5.41) is 5.43. The highest BCUT2D eigenvalue weighted by Crippen LogP contribution is 2.16. The predicted molar refractivity (Wildman–Crippen MR) is 95.5 cm³/mol. The van der Waals surface area contributed by atoms with Crippen molar-refractivity contribution in [1.82, 2.24) is 10.3 Å². The second-order valence-electron chi connectivity index (χ2n) is 5.32. The van der Waals surface area contributed by atoms with Gasteiger partial charge in [0.05, 0.1) is 0 Å². The van der Waals surface area contributed by atoms with Crippen molar-refractivity contribution in [2.45, 2.75) is 0 Å². The average molecular weight is 324 g/mol. The maximum atomic E-state index is 12.3. The number of nitrogens with one attached hydrogen (secondary N) is 2. The predicted octanol–water partition coefficient (Wildman–Crippen LogP) is 2.32. The molecule has 124 valence electrons. The zero-order valence-electron chi connectivity index (χ0n) is 13.7. The van der Waals surface area contributed by atoms with Crippen LogP contribution in [0.1, 0.15) is 20.8 Å². The number of aromatic nitrogens is 1. The molecule has 0 fully saturated rings. The Morgan fingerprint density at radius 3 is 2.50 bits per heavy atom. The van der Waals surface area contributed by atoms with E-state index in [1.165, 1.54) is 12.3 Å². The lowest BCUT2D eigenvalue weighted by Crippen LogP contribution is -2.24. The maximum absolute atomic E-state index is 12.3. The second-order valence-corrected chi connectivity index (χ2v) is 5.32. The van der Waals surface area contributed by atoms with Gasteiger partial charge in [0.15, 0.2) is 0 Å². The molecular weight excluding hydrogens is 304 g/mol. The third kappa shape index (κ3) is 4.42. The lowest BCUT2D eigenvalue weighted by Gasteiger charge is -2.13. The molecule has 0 saturated carbocycles. The van der Waals surface area contributed by atoms with Crippen LogP contribution >= 0.6 is 0 Å². The van der Waals surface area contributed by atoms with Crippen molar-refractivity contribution in [3.05, 3.63) is 66.5 Å². The Balaban J connectivity index is 2.09. The van der Waals surface area contributed by atoms with Crippen LogP contribution in [0.4, 0.5) is 11.4 Å². The van der Waals surface area contributed by atoms with Gasteiger partial charge in [0.25, 0.3) is 11.8 Å². The topological polar surface area (TPSA) is 74.3 Å². The van der Waals surface area contributed by atoms with Crippen LogP contribution in [-0.2, 0) is 0 Å². The lowest BCUT2D eigenvalue weighted by atomic mass is 10.2. The summed E-state index contributed by atoms with van der Waals surface area (Å²) in [5.74, 6) is -0.646. The van der Waals surface area contributed by atoms with Gasteiger partial charge in [-0.1, -0.05) is 6.08 Å². The van der Waals surface area contributed by atoms with Crippen LogP contribution in [0.2, 0.25) is 0 Å². The van der Waals surface area contributed by atoms with Crippen LogP contribution in [0.15, 0.2) is 55.3 Å². The summed E-state index contributed by atoms with van der Waals surface area (Å²) in [5.41, 5.74) is 2.27. The molecular formula is C18H20N4O2. The Labute approximate surface area is 141 Å². The summed E-state index contributed by atoms with van der Waals surface area (Å²) in [6.07, 6.45) is 3.01. The number of benzene rings is 1. The number of pyridine rings is 1. The van der Waals surface area contributed by atoms with Crippen molar-refractivity contribution in [2.24, 2.45) is 0 Å². The molecule has 1 aromatic carbocycles. The molecule has 2 N–H and O–H groups in total. The zero-order chi connectivity index (χ0) is 17.5. The molecule has 2 amide bonds. The fourth-order valence-corrected chi connectivity index (χ4v) is 2.00. The first kappa shape index (κ1) is 17.2. The standard InChI is InChI=1S/C18H20N4O2/c1-4-10-20-18(24)16-12-13(9-11-19-16)17(23)21-14-5-7-15(8-6-14)22(2)3/h4-9,11-12H,1,10H2,2-3H3,(H,20,24)(H,21,23). The van der Waals surface area contributed by atoms with Crippen molar-refractivity contribution in [3.63, 3.8) is 0 Å². The van der Waals surface area contributed by atoms with Crippen LogP contribution < -0.4 is 15.5 Å². The minimum Gasteiger partial charge on any atom is -0.378 e. The van der Waals surface area contributed by atoms with Gasteiger partial charge >= 0.3 is 0 Å². The summed E-state index contributed by atoms with van der Waals surface area (Å²) in [6, 6.07) is 10.5. The Bertz CT molecular complexity index is 739. The monoisotopic (exact) mass is 324 g/mol. The van der Waals surface area contributed by atoms with Crippen LogP contribution in [0.25, 0.3) is 0 Å². The molecule has 2 aromatic rings. The minimum atomic E-state index is -0.347. The molecule has 6 heteroatoms. The van der Waals surface area contributed by atoms with E-state index in [4.69, 9.17) is 0 Å². The Kier molecular flexibility index (Phi) is 5.68. The molecule has 0 spiro atoms. The van der Waals surface area contributed by atoms with Crippen LogP contribution in [0, 0.1) is 0 Å². The Hall–Kier alpha value is -3.15. The molecule has 0 saturated heterocycles. The van der Waals surface area contributed by atoms with E-state index in [-0.39, 0.29) is 17.5 Å². The van der Waals surface area contributed by atoms with E-state index in [0.29, 0.717) is 17.8 Å². The Morgan fingerprint density at radius 2 is 1.88 bits per heavy atom. The van der Waals surface area contributed by atoms with Crippen LogP contribution in [0.5, 0.6) is 0 Å². The third-order valence-electron chi connectivity index (χ3n) is 3.30. The number of carbonyl (C=O) groups excluding carboxylic acids is 2. The molecule has 1 aromatic heterocycles. The SMILES string of the molecule is C=CCNC(=O)c1cc(C(=O)Nc2ccc(N(C)C)cc2)ccn1. The highest BCUT2D eigenvalue weighted by Gasteiger charge is 2.11. The molecule has 0 aliphatic carbocycles. The first-order valence-electron chi connectivity index (χ1n) is 7.45. The second kappa shape index (κ2) is 7.92. The molecule has 6 nitrogen and oxygen atoms in total. The molecule has 2 rings (SSSR count). The van der Waals surface area contributed by atoms with E-state index in [0.717, 1.165) is 5.69 Å². The molecule has 0 aliphatic rings. The minimum absolute atomic E-state index is 0.187. The molecule has 0 aliphatic heterocycles. The van der Waals surface area contributed by atoms with Gasteiger partial charge in [-0.15, -0.1) is 6.58 Å². The highest BCUT2D eigenvalue weighted by molar-refractivity contribution is 6.05. The summed E-state index contributed by atoms with van der Waals surface area (Å²) < 4.78 is 0. The number of carbonyl (C=O) groups is 2. The number of amides is 2. The molecule has 0 bridgehead atoms. The fraction of sp³-hybridized carbons (Fsp3) is 0.167. The number of rotatable bonds is 6. The van der Waals surface area contributed by atoms with Crippen LogP contribution in [0.3, 0.4) is 0 Å². The Morgan fingerprint density at radius 1 is 1.17 bits per heavy atom. The molecule has 1 heterocycles. The smallest absolute Gasteiger partial charge is 0.270 e. The van der Waals surface area contributed by atoms with Gasteiger partial charge in [-0.05, 0) is 36.4 Å². The molecule has 0 radical (unpaired) electrons. The summed E-state index contributed by atoms with van der Waals surface area (Å²) in [7, 11) is 3.90. The number of nitrogens with zero attached hydrogens (tertiary/aromatic N) is 2. The van der Waals surface area contributed by atoms with Crippen molar-refractivity contribution in [2.75, 3.05) is 30.9 Å². The van der Waals surface area contributed by atoms with Gasteiger partial charge in [0, 0.05) is 43.8 Å². The number of hydrogen-bond acceptors (Lipinski definition) is 4. The normalized spacial score (nSPS) is 9.92. The lowest BCUT2D eigenvalue weighted by molar-refractivity contribution is 0.0953. The van der Waals surface area contributed by atoms with Gasteiger partial charge in [-0.25, -0.2) is 0 Å². The van der Waals surface area contributed by atoms with Gasteiger partial charge in [-0.2, -0.15) is 0 Å². The number of hydrogen-bond donors (Lipinski definition) is 2. The van der Waals surface area contributed by atoms with Gasteiger partial charge in [-0.3, -0.25) is 14.6 Å². The van der Waals surface area contributed by atoms with Gasteiger partial charge in [0.2, 0.25) is 0 Å².